The maximum Gasteiger partial charge on any atom is 0.236 e. The second kappa shape index (κ2) is 8.31. The standard InChI is InChI=1S/C14H26N4O3/c15-3-4-16-14(20)12-2-1-5-17(10-12)11-13(19)18-6-8-21-9-7-18/h12H,1-11,15H2,(H,16,20). The first-order valence-electron chi connectivity index (χ1n) is 7.76. The van der Waals surface area contributed by atoms with Gasteiger partial charge in [-0.3, -0.25) is 14.5 Å². The number of nitrogens with one attached hydrogen (secondary N) is 1. The Morgan fingerprint density at radius 2 is 2.00 bits per heavy atom. The Morgan fingerprint density at radius 1 is 1.24 bits per heavy atom. The topological polar surface area (TPSA) is 87.9 Å². The fourth-order valence-corrected chi connectivity index (χ4v) is 2.86. The number of hydrogen-bond acceptors (Lipinski definition) is 5. The van der Waals surface area contributed by atoms with Crippen molar-refractivity contribution in [2.45, 2.75) is 12.8 Å². The lowest BCUT2D eigenvalue weighted by Gasteiger charge is -2.34. The van der Waals surface area contributed by atoms with Crippen LogP contribution >= 0.6 is 0 Å². The first kappa shape index (κ1) is 16.2. The van der Waals surface area contributed by atoms with Crippen LogP contribution in [-0.2, 0) is 14.3 Å². The summed E-state index contributed by atoms with van der Waals surface area (Å²) >= 11 is 0. The van der Waals surface area contributed by atoms with Crippen molar-refractivity contribution in [3.8, 4) is 0 Å². The number of carbonyl (C=O) groups excluding carboxylic acids is 2. The van der Waals surface area contributed by atoms with Crippen LogP contribution < -0.4 is 11.1 Å². The Bertz CT molecular complexity index is 358. The van der Waals surface area contributed by atoms with Gasteiger partial charge in [-0.1, -0.05) is 0 Å². The second-order valence-electron chi connectivity index (χ2n) is 5.65. The third kappa shape index (κ3) is 4.94. The molecule has 120 valence electrons. The zero-order valence-electron chi connectivity index (χ0n) is 12.6. The summed E-state index contributed by atoms with van der Waals surface area (Å²) < 4.78 is 5.26. The van der Waals surface area contributed by atoms with Gasteiger partial charge in [0.25, 0.3) is 0 Å². The Morgan fingerprint density at radius 3 is 2.71 bits per heavy atom. The van der Waals surface area contributed by atoms with Crippen molar-refractivity contribution in [1.29, 1.82) is 0 Å². The Hall–Kier alpha value is -1.18. The molecule has 0 bridgehead atoms. The molecule has 0 spiro atoms. The third-order valence-electron chi connectivity index (χ3n) is 4.04. The molecule has 0 aromatic carbocycles. The molecule has 0 radical (unpaired) electrons. The molecule has 21 heavy (non-hydrogen) atoms. The average molecular weight is 298 g/mol. The van der Waals surface area contributed by atoms with Gasteiger partial charge in [0.15, 0.2) is 0 Å². The summed E-state index contributed by atoms with van der Waals surface area (Å²) in [4.78, 5) is 28.2. The zero-order chi connectivity index (χ0) is 15.1. The van der Waals surface area contributed by atoms with E-state index < -0.39 is 0 Å². The fraction of sp³-hybridized carbons (Fsp3) is 0.857. The number of morpholine rings is 1. The van der Waals surface area contributed by atoms with Gasteiger partial charge in [0.05, 0.1) is 25.7 Å². The highest BCUT2D eigenvalue weighted by Crippen LogP contribution is 2.16. The van der Waals surface area contributed by atoms with Gasteiger partial charge < -0.3 is 20.7 Å². The van der Waals surface area contributed by atoms with Crippen molar-refractivity contribution in [2.75, 3.05) is 59.0 Å². The Labute approximate surface area is 125 Å². The molecule has 0 aromatic rings. The van der Waals surface area contributed by atoms with Gasteiger partial charge >= 0.3 is 0 Å². The molecule has 1 unspecified atom stereocenters. The summed E-state index contributed by atoms with van der Waals surface area (Å²) in [6, 6.07) is 0. The molecular formula is C14H26N4O3. The quantitative estimate of drug-likeness (QED) is 0.654. The van der Waals surface area contributed by atoms with Gasteiger partial charge in [0.1, 0.15) is 0 Å². The van der Waals surface area contributed by atoms with E-state index in [9.17, 15) is 9.59 Å². The van der Waals surface area contributed by atoms with Crippen LogP contribution in [-0.4, -0.2) is 80.6 Å². The summed E-state index contributed by atoms with van der Waals surface area (Å²) in [5.74, 6) is 0.174. The van der Waals surface area contributed by atoms with Crippen LogP contribution in [0.1, 0.15) is 12.8 Å². The molecule has 3 N–H and O–H groups in total. The minimum Gasteiger partial charge on any atom is -0.378 e. The van der Waals surface area contributed by atoms with Crippen LogP contribution in [0.3, 0.4) is 0 Å². The monoisotopic (exact) mass is 298 g/mol. The molecule has 7 heteroatoms. The maximum absolute atomic E-state index is 12.2. The van der Waals surface area contributed by atoms with Crippen LogP contribution in [0.25, 0.3) is 0 Å². The van der Waals surface area contributed by atoms with Crippen molar-refractivity contribution in [2.24, 2.45) is 11.7 Å². The molecule has 0 aliphatic carbocycles. The third-order valence-corrected chi connectivity index (χ3v) is 4.04. The largest absolute Gasteiger partial charge is 0.378 e. The molecule has 2 aliphatic heterocycles. The summed E-state index contributed by atoms with van der Waals surface area (Å²) in [7, 11) is 0. The molecule has 0 saturated carbocycles. The average Bonchev–Trinajstić information content (AvgIpc) is 2.53. The molecule has 2 aliphatic rings. The lowest BCUT2D eigenvalue weighted by atomic mass is 9.97. The number of hydrogen-bond donors (Lipinski definition) is 2. The smallest absolute Gasteiger partial charge is 0.236 e. The van der Waals surface area contributed by atoms with Gasteiger partial charge in [-0.2, -0.15) is 0 Å². The minimum atomic E-state index is -0.0252. The number of nitrogens with two attached hydrogens (primary N) is 1. The normalized spacial score (nSPS) is 23.9. The summed E-state index contributed by atoms with van der Waals surface area (Å²) in [6.07, 6.45) is 1.84. The van der Waals surface area contributed by atoms with Gasteiger partial charge in [0.2, 0.25) is 11.8 Å². The van der Waals surface area contributed by atoms with Gasteiger partial charge in [-0.15, -0.1) is 0 Å². The SMILES string of the molecule is NCCNC(=O)C1CCCN(CC(=O)N2CCOCC2)C1. The van der Waals surface area contributed by atoms with Crippen LogP contribution in [0.5, 0.6) is 0 Å². The molecule has 2 amide bonds. The van der Waals surface area contributed by atoms with Crippen molar-refractivity contribution >= 4 is 11.8 Å². The highest BCUT2D eigenvalue weighted by molar-refractivity contribution is 5.80. The van der Waals surface area contributed by atoms with E-state index in [2.05, 4.69) is 10.2 Å². The van der Waals surface area contributed by atoms with Crippen LogP contribution in [0.15, 0.2) is 0 Å². The molecule has 2 fully saturated rings. The maximum atomic E-state index is 12.2. The number of rotatable bonds is 5. The van der Waals surface area contributed by atoms with Gasteiger partial charge in [-0.05, 0) is 19.4 Å². The number of likely N-dealkylation sites (tertiary alicyclic amines) is 1. The molecule has 2 saturated heterocycles. The van der Waals surface area contributed by atoms with E-state index in [-0.39, 0.29) is 17.7 Å². The number of piperidine rings is 1. The summed E-state index contributed by atoms with van der Waals surface area (Å²) in [6.45, 7) is 5.51. The van der Waals surface area contributed by atoms with E-state index in [1.54, 1.807) is 0 Å². The summed E-state index contributed by atoms with van der Waals surface area (Å²) in [5, 5.41) is 2.84. The first-order valence-corrected chi connectivity index (χ1v) is 7.76. The van der Waals surface area contributed by atoms with Gasteiger partial charge in [0, 0.05) is 32.7 Å². The summed E-state index contributed by atoms with van der Waals surface area (Å²) in [5.41, 5.74) is 5.40. The molecule has 7 nitrogen and oxygen atoms in total. The molecular weight excluding hydrogens is 272 g/mol. The van der Waals surface area contributed by atoms with Crippen molar-refractivity contribution in [3.63, 3.8) is 0 Å². The van der Waals surface area contributed by atoms with Crippen LogP contribution in [0.2, 0.25) is 0 Å². The van der Waals surface area contributed by atoms with Crippen LogP contribution in [0.4, 0.5) is 0 Å². The van der Waals surface area contributed by atoms with E-state index in [0.29, 0.717) is 52.5 Å². The first-order chi connectivity index (χ1) is 10.2. The van der Waals surface area contributed by atoms with Crippen molar-refractivity contribution < 1.29 is 14.3 Å². The Balaban J connectivity index is 1.77. The fourth-order valence-electron chi connectivity index (χ4n) is 2.86. The zero-order valence-corrected chi connectivity index (χ0v) is 12.6. The molecule has 1 atom stereocenters. The van der Waals surface area contributed by atoms with Crippen LogP contribution in [0, 0.1) is 5.92 Å². The predicted molar refractivity (Wildman–Crippen MR) is 78.6 cm³/mol. The number of carbonyl (C=O) groups is 2. The van der Waals surface area contributed by atoms with E-state index in [0.717, 1.165) is 19.4 Å². The van der Waals surface area contributed by atoms with E-state index in [1.165, 1.54) is 0 Å². The highest BCUT2D eigenvalue weighted by atomic mass is 16.5. The van der Waals surface area contributed by atoms with E-state index in [4.69, 9.17) is 10.5 Å². The number of nitrogens with zero attached hydrogens (tertiary/aromatic N) is 2. The predicted octanol–water partition coefficient (Wildman–Crippen LogP) is -1.37. The molecule has 2 rings (SSSR count). The Kier molecular flexibility index (Phi) is 6.41. The van der Waals surface area contributed by atoms with Crippen molar-refractivity contribution in [1.82, 2.24) is 15.1 Å². The number of ether oxygens (including phenoxy) is 1. The number of amides is 2. The lowest BCUT2D eigenvalue weighted by Crippen LogP contribution is -2.49. The molecule has 0 aromatic heterocycles. The highest BCUT2D eigenvalue weighted by Gasteiger charge is 2.28. The molecule has 2 heterocycles. The minimum absolute atomic E-state index is 0.0252. The second-order valence-corrected chi connectivity index (χ2v) is 5.65. The van der Waals surface area contributed by atoms with E-state index >= 15 is 0 Å². The van der Waals surface area contributed by atoms with E-state index in [1.807, 2.05) is 4.90 Å². The lowest BCUT2D eigenvalue weighted by molar-refractivity contribution is -0.138. The van der Waals surface area contributed by atoms with Crippen molar-refractivity contribution in [3.05, 3.63) is 0 Å². The van der Waals surface area contributed by atoms with Gasteiger partial charge in [-0.25, -0.2) is 0 Å².